The van der Waals surface area contributed by atoms with Crippen LogP contribution in [0.15, 0.2) is 28.7 Å². The SMILES string of the molecule is COc1[c]oc2ccccc12. The van der Waals surface area contributed by atoms with Crippen molar-refractivity contribution in [2.45, 2.75) is 0 Å². The molecule has 0 aliphatic heterocycles. The third-order valence-electron chi connectivity index (χ3n) is 1.59. The van der Waals surface area contributed by atoms with Gasteiger partial charge in [-0.05, 0) is 12.1 Å². The predicted molar refractivity (Wildman–Crippen MR) is 41.6 cm³/mol. The molecule has 1 heterocycles. The van der Waals surface area contributed by atoms with E-state index in [1.54, 1.807) is 7.11 Å². The summed E-state index contributed by atoms with van der Waals surface area (Å²) in [5, 5.41) is 0.968. The Morgan fingerprint density at radius 3 is 3.00 bits per heavy atom. The van der Waals surface area contributed by atoms with Gasteiger partial charge in [-0.2, -0.15) is 0 Å². The smallest absolute Gasteiger partial charge is 0.216 e. The zero-order chi connectivity index (χ0) is 7.68. The van der Waals surface area contributed by atoms with E-state index in [-0.39, 0.29) is 0 Å². The summed E-state index contributed by atoms with van der Waals surface area (Å²) in [4.78, 5) is 0. The first kappa shape index (κ1) is 6.28. The number of fused-ring (bicyclic) bond motifs is 1. The van der Waals surface area contributed by atoms with Crippen molar-refractivity contribution in [1.82, 2.24) is 0 Å². The van der Waals surface area contributed by atoms with E-state index in [9.17, 15) is 0 Å². The average Bonchev–Trinajstić information content (AvgIpc) is 2.47. The second-order valence-electron chi connectivity index (χ2n) is 2.23. The van der Waals surface area contributed by atoms with Gasteiger partial charge in [-0.25, -0.2) is 0 Å². The van der Waals surface area contributed by atoms with Crippen molar-refractivity contribution >= 4 is 11.0 Å². The van der Waals surface area contributed by atoms with Crippen LogP contribution in [0.25, 0.3) is 11.0 Å². The Balaban J connectivity index is 2.76. The molecule has 0 aliphatic carbocycles. The van der Waals surface area contributed by atoms with E-state index in [1.165, 1.54) is 0 Å². The number of methoxy groups -OCH3 is 1. The first-order chi connectivity index (χ1) is 5.42. The molecule has 2 heteroatoms. The van der Waals surface area contributed by atoms with E-state index in [4.69, 9.17) is 9.15 Å². The first-order valence-electron chi connectivity index (χ1n) is 3.35. The van der Waals surface area contributed by atoms with Gasteiger partial charge in [-0.3, -0.25) is 0 Å². The largest absolute Gasteiger partial charge is 0.492 e. The number of rotatable bonds is 1. The summed E-state index contributed by atoms with van der Waals surface area (Å²) in [7, 11) is 1.60. The van der Waals surface area contributed by atoms with Crippen LogP contribution < -0.4 is 4.74 Å². The van der Waals surface area contributed by atoms with Crippen LogP contribution in [0.3, 0.4) is 0 Å². The van der Waals surface area contributed by atoms with E-state index in [0.717, 1.165) is 11.0 Å². The molecule has 0 fully saturated rings. The lowest BCUT2D eigenvalue weighted by atomic mass is 10.2. The highest BCUT2D eigenvalue weighted by molar-refractivity contribution is 5.83. The Kier molecular flexibility index (Phi) is 1.32. The second-order valence-corrected chi connectivity index (χ2v) is 2.23. The van der Waals surface area contributed by atoms with E-state index in [2.05, 4.69) is 6.26 Å². The summed E-state index contributed by atoms with van der Waals surface area (Å²) in [5.41, 5.74) is 0.810. The highest BCUT2D eigenvalue weighted by Gasteiger charge is 2.03. The van der Waals surface area contributed by atoms with Crippen molar-refractivity contribution in [2.75, 3.05) is 7.11 Å². The quantitative estimate of drug-likeness (QED) is 0.617. The molecule has 0 unspecified atom stereocenters. The minimum Gasteiger partial charge on any atom is -0.492 e. The van der Waals surface area contributed by atoms with Crippen LogP contribution in [-0.2, 0) is 0 Å². The van der Waals surface area contributed by atoms with Crippen molar-refractivity contribution in [3.63, 3.8) is 0 Å². The third-order valence-corrected chi connectivity index (χ3v) is 1.59. The molecular formula is C9H7O2. The van der Waals surface area contributed by atoms with E-state index in [0.29, 0.717) is 5.75 Å². The fourth-order valence-electron chi connectivity index (χ4n) is 1.05. The minimum atomic E-state index is 0.667. The molecule has 11 heavy (non-hydrogen) atoms. The van der Waals surface area contributed by atoms with Crippen LogP contribution in [0.5, 0.6) is 5.75 Å². The van der Waals surface area contributed by atoms with E-state index >= 15 is 0 Å². The van der Waals surface area contributed by atoms with Gasteiger partial charge in [0, 0.05) is 0 Å². The van der Waals surface area contributed by atoms with Crippen LogP contribution in [0, 0.1) is 6.26 Å². The van der Waals surface area contributed by atoms with Gasteiger partial charge in [-0.1, -0.05) is 12.1 Å². The number of furan rings is 1. The molecule has 0 saturated carbocycles. The molecule has 1 aromatic carbocycles. The van der Waals surface area contributed by atoms with Crippen molar-refractivity contribution in [3.05, 3.63) is 30.5 Å². The normalized spacial score (nSPS) is 10.3. The Bertz CT molecular complexity index is 362. The standard InChI is InChI=1S/C9H7O2/c1-10-9-6-11-8-5-3-2-4-7(8)9/h2-5H,1H3. The van der Waals surface area contributed by atoms with Gasteiger partial charge in [0.2, 0.25) is 6.26 Å². The van der Waals surface area contributed by atoms with Gasteiger partial charge in [0.15, 0.2) is 5.75 Å². The highest BCUT2D eigenvalue weighted by Crippen LogP contribution is 2.25. The molecule has 0 bridgehead atoms. The van der Waals surface area contributed by atoms with Crippen LogP contribution in [0.4, 0.5) is 0 Å². The zero-order valence-corrected chi connectivity index (χ0v) is 6.13. The monoisotopic (exact) mass is 147 g/mol. The van der Waals surface area contributed by atoms with E-state index < -0.39 is 0 Å². The molecule has 0 aliphatic rings. The van der Waals surface area contributed by atoms with Crippen molar-refractivity contribution in [3.8, 4) is 5.75 Å². The molecule has 0 N–H and O–H groups in total. The molecule has 0 atom stereocenters. The Hall–Kier alpha value is -1.44. The topological polar surface area (TPSA) is 22.4 Å². The molecular weight excluding hydrogens is 140 g/mol. The lowest BCUT2D eigenvalue weighted by Gasteiger charge is -1.91. The molecule has 2 aromatic rings. The molecule has 1 aromatic heterocycles. The third kappa shape index (κ3) is 0.871. The van der Waals surface area contributed by atoms with E-state index in [1.807, 2.05) is 24.3 Å². The molecule has 0 saturated heterocycles. The van der Waals surface area contributed by atoms with Crippen LogP contribution in [0.2, 0.25) is 0 Å². The second kappa shape index (κ2) is 2.31. The summed E-state index contributed by atoms with van der Waals surface area (Å²) in [6, 6.07) is 7.68. The maximum Gasteiger partial charge on any atom is 0.216 e. The van der Waals surface area contributed by atoms with Gasteiger partial charge >= 0.3 is 0 Å². The fraction of sp³-hybridized carbons (Fsp3) is 0.111. The lowest BCUT2D eigenvalue weighted by molar-refractivity contribution is 0.408. The molecule has 55 valence electrons. The maximum atomic E-state index is 5.09. The number of para-hydroxylation sites is 1. The molecule has 0 amide bonds. The Morgan fingerprint density at radius 2 is 2.18 bits per heavy atom. The first-order valence-corrected chi connectivity index (χ1v) is 3.35. The summed E-state index contributed by atoms with van der Waals surface area (Å²) in [5.74, 6) is 0.667. The Morgan fingerprint density at radius 1 is 1.36 bits per heavy atom. The van der Waals surface area contributed by atoms with Gasteiger partial charge in [-0.15, -0.1) is 0 Å². The average molecular weight is 147 g/mol. The predicted octanol–water partition coefficient (Wildman–Crippen LogP) is 2.24. The van der Waals surface area contributed by atoms with Crippen LogP contribution in [-0.4, -0.2) is 7.11 Å². The number of ether oxygens (including phenoxy) is 1. The van der Waals surface area contributed by atoms with Gasteiger partial charge in [0.1, 0.15) is 5.58 Å². The van der Waals surface area contributed by atoms with Gasteiger partial charge in [0.25, 0.3) is 0 Å². The van der Waals surface area contributed by atoms with Crippen LogP contribution >= 0.6 is 0 Å². The summed E-state index contributed by atoms with van der Waals surface area (Å²) in [6.45, 7) is 0. The number of benzene rings is 1. The Labute approximate surface area is 64.4 Å². The maximum absolute atomic E-state index is 5.09. The molecule has 1 radical (unpaired) electrons. The number of hydrogen-bond acceptors (Lipinski definition) is 2. The van der Waals surface area contributed by atoms with Crippen molar-refractivity contribution in [1.29, 1.82) is 0 Å². The molecule has 2 nitrogen and oxygen atoms in total. The zero-order valence-electron chi connectivity index (χ0n) is 6.13. The molecule has 2 rings (SSSR count). The summed E-state index contributed by atoms with van der Waals surface area (Å²) < 4.78 is 10.1. The summed E-state index contributed by atoms with van der Waals surface area (Å²) in [6.07, 6.45) is 2.67. The molecule has 0 spiro atoms. The summed E-state index contributed by atoms with van der Waals surface area (Å²) >= 11 is 0. The minimum absolute atomic E-state index is 0.667. The number of hydrogen-bond donors (Lipinski definition) is 0. The van der Waals surface area contributed by atoms with Gasteiger partial charge < -0.3 is 9.15 Å². The van der Waals surface area contributed by atoms with Crippen LogP contribution in [0.1, 0.15) is 0 Å². The van der Waals surface area contributed by atoms with Crippen molar-refractivity contribution in [2.24, 2.45) is 0 Å². The lowest BCUT2D eigenvalue weighted by Crippen LogP contribution is -1.78. The van der Waals surface area contributed by atoms with Gasteiger partial charge in [0.05, 0.1) is 12.5 Å². The van der Waals surface area contributed by atoms with Crippen molar-refractivity contribution < 1.29 is 9.15 Å². The fourth-order valence-corrected chi connectivity index (χ4v) is 1.05. The highest BCUT2D eigenvalue weighted by atomic mass is 16.5.